The topological polar surface area (TPSA) is 94.2 Å². The molecule has 2 aliphatic carbocycles. The normalized spacial score (nSPS) is 39.0. The molecule has 190 valence electrons. The van der Waals surface area contributed by atoms with Gasteiger partial charge in [0.1, 0.15) is 0 Å². The van der Waals surface area contributed by atoms with Gasteiger partial charge in [-0.3, -0.25) is 0 Å². The number of para-hydroxylation sites is 2. The van der Waals surface area contributed by atoms with Crippen LogP contribution in [0.4, 0.5) is 5.69 Å². The molecule has 0 saturated carbocycles. The van der Waals surface area contributed by atoms with Crippen molar-refractivity contribution >= 4 is 26.1 Å². The van der Waals surface area contributed by atoms with E-state index in [1.165, 1.54) is 5.06 Å². The molecule has 2 aliphatic heterocycles. The van der Waals surface area contributed by atoms with Gasteiger partial charge in [-0.1, -0.05) is 0 Å². The third-order valence-corrected chi connectivity index (χ3v) is 17.1. The van der Waals surface area contributed by atoms with Gasteiger partial charge in [0.25, 0.3) is 0 Å². The molecule has 4 aliphatic rings. The summed E-state index contributed by atoms with van der Waals surface area (Å²) >= 11 is -1.47. The predicted molar refractivity (Wildman–Crippen MR) is 136 cm³/mol. The molecule has 7 unspecified atom stereocenters. The minimum absolute atomic E-state index is 0.0920. The number of allylic oxidation sites excluding steroid dienone is 2. The van der Waals surface area contributed by atoms with Gasteiger partial charge in [0.05, 0.1) is 0 Å². The molecule has 1 aromatic rings. The summed E-state index contributed by atoms with van der Waals surface area (Å²) in [6, 6.07) is 7.50. The fourth-order valence-corrected chi connectivity index (χ4v) is 15.6. The molecule has 1 aromatic carbocycles. The number of methoxy groups -OCH3 is 1. The number of rotatable bonds is 6. The summed E-state index contributed by atoms with van der Waals surface area (Å²) in [5, 5.41) is 13.2. The standard InChI is InChI=1S/C27H37AsN2O5/c1-15-13-27-16(2)11-21-26(3,4)28(21)18(25(27)32)12-17(14-29)23(31)22(27)24(15)34-35-30(5)19-9-7-8-10-20(19)33-6/h7-10,12-13,16,18,21-24,31H,11,14,29H2,1-6H3/t16-,18?,21?,22?,23?,24?,27?,28?/m1/s1. The third-order valence-electron chi connectivity index (χ3n) is 8.94. The van der Waals surface area contributed by atoms with E-state index in [1.54, 1.807) is 14.2 Å². The molecule has 35 heavy (non-hydrogen) atoms. The molecule has 8 atom stereocenters. The number of aliphatic hydroxyl groups is 1. The second-order valence-electron chi connectivity index (χ2n) is 11.0. The van der Waals surface area contributed by atoms with Gasteiger partial charge in [-0.05, 0) is 0 Å². The van der Waals surface area contributed by atoms with Gasteiger partial charge < -0.3 is 0 Å². The number of nitrogens with zero attached hydrogens (tertiary/aromatic N) is 1. The number of benzene rings is 1. The molecule has 5 rings (SSSR count). The molecule has 2 saturated heterocycles. The molecular weight excluding hydrogens is 507 g/mol. The van der Waals surface area contributed by atoms with Crippen LogP contribution in [0.3, 0.4) is 0 Å². The van der Waals surface area contributed by atoms with Crippen molar-refractivity contribution in [2.75, 3.05) is 25.8 Å². The second kappa shape index (κ2) is 8.74. The Hall–Kier alpha value is -1.63. The van der Waals surface area contributed by atoms with Gasteiger partial charge >= 0.3 is 213 Å². The molecule has 0 amide bonds. The van der Waals surface area contributed by atoms with Gasteiger partial charge in [-0.2, -0.15) is 0 Å². The van der Waals surface area contributed by atoms with Gasteiger partial charge in [0.15, 0.2) is 0 Å². The van der Waals surface area contributed by atoms with Gasteiger partial charge in [0, 0.05) is 0 Å². The molecule has 0 radical (unpaired) electrons. The number of aliphatic hydroxyl groups excluding tert-OH is 1. The number of nitrogens with two attached hydrogens (primary N) is 1. The number of fused-ring (bicyclic) bond motifs is 3. The molecule has 2 bridgehead atoms. The van der Waals surface area contributed by atoms with Crippen molar-refractivity contribution in [2.24, 2.45) is 23.0 Å². The molecule has 2 heterocycles. The average molecular weight is 545 g/mol. The summed E-state index contributed by atoms with van der Waals surface area (Å²) in [5.74, 6) is 0.532. The van der Waals surface area contributed by atoms with E-state index < -0.39 is 38.2 Å². The molecule has 1 spiro atoms. The first-order valence-corrected chi connectivity index (χ1v) is 15.5. The number of anilines is 1. The first-order chi connectivity index (χ1) is 16.6. The van der Waals surface area contributed by atoms with E-state index in [9.17, 15) is 9.90 Å². The fraction of sp³-hybridized carbons (Fsp3) is 0.593. The molecule has 2 fully saturated rings. The Labute approximate surface area is 212 Å². The van der Waals surface area contributed by atoms with Crippen LogP contribution >= 0.6 is 0 Å². The zero-order chi connectivity index (χ0) is 25.3. The van der Waals surface area contributed by atoms with E-state index >= 15 is 0 Å². The van der Waals surface area contributed by atoms with Crippen molar-refractivity contribution in [3.63, 3.8) is 0 Å². The van der Waals surface area contributed by atoms with Crippen molar-refractivity contribution in [3.05, 3.63) is 47.6 Å². The number of ketones is 1. The molecule has 0 aromatic heterocycles. The van der Waals surface area contributed by atoms with Crippen LogP contribution in [0.15, 0.2) is 47.6 Å². The van der Waals surface area contributed by atoms with E-state index in [-0.39, 0.29) is 27.2 Å². The summed E-state index contributed by atoms with van der Waals surface area (Å²) in [4.78, 5) is 26.2. The first-order valence-electron chi connectivity index (χ1n) is 12.4. The predicted octanol–water partition coefficient (Wildman–Crippen LogP) is 3.82. The molecular formula is C27H37AsN2O5. The Bertz CT molecular complexity index is 1090. The van der Waals surface area contributed by atoms with Gasteiger partial charge in [0.2, 0.25) is 0 Å². The Balaban J connectivity index is 1.49. The number of carbonyl (C=O) groups is 1. The fourth-order valence-electron chi connectivity index (χ4n) is 6.98. The molecule has 7 nitrogen and oxygen atoms in total. The monoisotopic (exact) mass is 544 g/mol. The maximum atomic E-state index is 14.4. The number of carbonyl (C=O) groups excluding carboxylic acids is 1. The molecule has 8 heteroatoms. The summed E-state index contributed by atoms with van der Waals surface area (Å²) in [6.45, 7) is 9.04. The van der Waals surface area contributed by atoms with E-state index in [4.69, 9.17) is 20.3 Å². The van der Waals surface area contributed by atoms with Crippen molar-refractivity contribution in [3.8, 4) is 5.75 Å². The third kappa shape index (κ3) is 3.58. The van der Waals surface area contributed by atoms with Gasteiger partial charge in [-0.25, -0.2) is 0 Å². The Kier molecular flexibility index (Phi) is 6.25. The SMILES string of the molecule is COc1ccccc1N(C)OOC1C(C)=CC23C(=O)C(C=C(CN)C(O)C12)[As]1C(C[C@H]3C)C1(C)C. The number of hydrogen-bond donors (Lipinski definition) is 2. The van der Waals surface area contributed by atoms with E-state index in [0.717, 1.165) is 17.6 Å². The number of hydrogen-bond acceptors (Lipinski definition) is 7. The number of Topliss-reactive ketones (excluding diaryl/α,β-unsaturated/α-hetero) is 1. The Morgan fingerprint density at radius 3 is 2.69 bits per heavy atom. The number of ether oxygens (including phenoxy) is 1. The van der Waals surface area contributed by atoms with Crippen LogP contribution < -0.4 is 15.5 Å². The van der Waals surface area contributed by atoms with Crippen molar-refractivity contribution in [1.29, 1.82) is 0 Å². The van der Waals surface area contributed by atoms with Crippen LogP contribution in [0.2, 0.25) is 13.6 Å². The van der Waals surface area contributed by atoms with E-state index in [1.807, 2.05) is 31.2 Å². The maximum absolute atomic E-state index is 14.4. The summed E-state index contributed by atoms with van der Waals surface area (Å²) < 4.78 is 6.24. The van der Waals surface area contributed by atoms with Crippen LogP contribution in [-0.4, -0.2) is 58.5 Å². The van der Waals surface area contributed by atoms with Gasteiger partial charge in [-0.15, -0.1) is 0 Å². The first kappa shape index (κ1) is 25.0. The van der Waals surface area contributed by atoms with Crippen LogP contribution in [0.25, 0.3) is 0 Å². The summed E-state index contributed by atoms with van der Waals surface area (Å²) in [6.07, 6.45) is 3.71. The quantitative estimate of drug-likeness (QED) is 0.243. The van der Waals surface area contributed by atoms with Crippen LogP contribution in [0.1, 0.15) is 34.1 Å². The minimum atomic E-state index is -1.47. The van der Waals surface area contributed by atoms with Crippen LogP contribution in [0, 0.1) is 17.3 Å². The molecule has 3 N–H and O–H groups in total. The Morgan fingerprint density at radius 1 is 1.29 bits per heavy atom. The zero-order valence-corrected chi connectivity index (χ0v) is 23.3. The zero-order valence-electron chi connectivity index (χ0n) is 21.4. The van der Waals surface area contributed by atoms with Crippen molar-refractivity contribution < 1.29 is 24.5 Å². The number of hydroxylamine groups is 1. The van der Waals surface area contributed by atoms with Crippen molar-refractivity contribution in [1.82, 2.24) is 0 Å². The Morgan fingerprint density at radius 2 is 2.00 bits per heavy atom. The van der Waals surface area contributed by atoms with Crippen LogP contribution in [-0.2, 0) is 14.7 Å². The summed E-state index contributed by atoms with van der Waals surface area (Å²) in [7, 11) is 3.35. The average Bonchev–Trinajstić information content (AvgIpc) is 3.28. The van der Waals surface area contributed by atoms with E-state index in [2.05, 4.69) is 32.9 Å². The second-order valence-corrected chi connectivity index (χ2v) is 17.6. The van der Waals surface area contributed by atoms with Crippen molar-refractivity contribution in [2.45, 2.75) is 59.9 Å². The van der Waals surface area contributed by atoms with Crippen LogP contribution in [0.5, 0.6) is 5.75 Å². The van der Waals surface area contributed by atoms with E-state index in [0.29, 0.717) is 16.1 Å². The summed E-state index contributed by atoms with van der Waals surface area (Å²) in [5.41, 5.74) is 7.75.